The van der Waals surface area contributed by atoms with Crippen LogP contribution in [0.15, 0.2) is 59.5 Å². The van der Waals surface area contributed by atoms with Crippen LogP contribution < -0.4 is 20.1 Å². The largest absolute Gasteiger partial charge is 0.496 e. The standard InChI is InChI=1S/C20H20N4O6S/c1-29-17-9-15(6-7-16(17)18-11-21-12-30-18)24-20(26)19(25)23-14-5-3-4-13(8-14)10-22-31(2,27)28/h3-9,11-12,22H,10H2,1-2H3,(H,23,25)(H,24,26). The molecule has 2 aromatic carbocycles. The lowest BCUT2D eigenvalue weighted by molar-refractivity contribution is -0.132. The number of benzene rings is 2. The first-order chi connectivity index (χ1) is 14.7. The normalized spacial score (nSPS) is 11.0. The van der Waals surface area contributed by atoms with E-state index in [2.05, 4.69) is 20.3 Å². The van der Waals surface area contributed by atoms with E-state index in [1.807, 2.05) is 0 Å². The lowest BCUT2D eigenvalue weighted by Gasteiger charge is -2.11. The van der Waals surface area contributed by atoms with Crippen molar-refractivity contribution in [2.24, 2.45) is 0 Å². The van der Waals surface area contributed by atoms with E-state index in [1.54, 1.807) is 42.5 Å². The smallest absolute Gasteiger partial charge is 0.314 e. The van der Waals surface area contributed by atoms with E-state index in [1.165, 1.54) is 19.7 Å². The molecule has 3 rings (SSSR count). The Bertz CT molecular complexity index is 1190. The molecule has 0 unspecified atom stereocenters. The predicted molar refractivity (Wildman–Crippen MR) is 114 cm³/mol. The van der Waals surface area contributed by atoms with Crippen LogP contribution in [0.1, 0.15) is 5.56 Å². The Morgan fingerprint density at radius 1 is 1.06 bits per heavy atom. The quantitative estimate of drug-likeness (QED) is 0.473. The van der Waals surface area contributed by atoms with E-state index in [9.17, 15) is 18.0 Å². The molecule has 0 radical (unpaired) electrons. The summed E-state index contributed by atoms with van der Waals surface area (Å²) in [6.07, 6.45) is 3.88. The summed E-state index contributed by atoms with van der Waals surface area (Å²) in [4.78, 5) is 28.4. The van der Waals surface area contributed by atoms with Crippen molar-refractivity contribution in [1.82, 2.24) is 9.71 Å². The highest BCUT2D eigenvalue weighted by Gasteiger charge is 2.16. The van der Waals surface area contributed by atoms with E-state index < -0.39 is 21.8 Å². The molecule has 0 atom stereocenters. The van der Waals surface area contributed by atoms with Crippen LogP contribution in [0.2, 0.25) is 0 Å². The number of anilines is 2. The van der Waals surface area contributed by atoms with Crippen LogP contribution in [0, 0.1) is 0 Å². The molecule has 0 saturated carbocycles. The minimum Gasteiger partial charge on any atom is -0.496 e. The number of carbonyl (C=O) groups excluding carboxylic acids is 2. The molecule has 0 fully saturated rings. The highest BCUT2D eigenvalue weighted by Crippen LogP contribution is 2.32. The summed E-state index contributed by atoms with van der Waals surface area (Å²) in [5.74, 6) is -0.834. The zero-order valence-electron chi connectivity index (χ0n) is 16.7. The second kappa shape index (κ2) is 9.41. The number of ether oxygens (including phenoxy) is 1. The molecule has 0 saturated heterocycles. The van der Waals surface area contributed by atoms with E-state index in [-0.39, 0.29) is 6.54 Å². The summed E-state index contributed by atoms with van der Waals surface area (Å²) in [5.41, 5.74) is 1.97. The molecule has 0 aliphatic heterocycles. The van der Waals surface area contributed by atoms with Gasteiger partial charge in [0.25, 0.3) is 0 Å². The van der Waals surface area contributed by atoms with Crippen molar-refractivity contribution in [3.63, 3.8) is 0 Å². The summed E-state index contributed by atoms with van der Waals surface area (Å²) >= 11 is 0. The molecule has 3 N–H and O–H groups in total. The predicted octanol–water partition coefficient (Wildman–Crippen LogP) is 1.98. The summed E-state index contributed by atoms with van der Waals surface area (Å²) in [7, 11) is -1.88. The summed E-state index contributed by atoms with van der Waals surface area (Å²) in [6.45, 7) is 0.0616. The van der Waals surface area contributed by atoms with Gasteiger partial charge < -0.3 is 19.8 Å². The van der Waals surface area contributed by atoms with Crippen molar-refractivity contribution in [3.05, 3.63) is 60.6 Å². The molecule has 31 heavy (non-hydrogen) atoms. The van der Waals surface area contributed by atoms with Gasteiger partial charge in [-0.3, -0.25) is 9.59 Å². The fourth-order valence-corrected chi connectivity index (χ4v) is 3.10. The molecule has 0 aliphatic carbocycles. The van der Waals surface area contributed by atoms with Gasteiger partial charge in [-0.2, -0.15) is 0 Å². The van der Waals surface area contributed by atoms with Crippen LogP contribution in [0.25, 0.3) is 11.3 Å². The van der Waals surface area contributed by atoms with Crippen molar-refractivity contribution in [3.8, 4) is 17.1 Å². The van der Waals surface area contributed by atoms with Gasteiger partial charge in [0.2, 0.25) is 10.0 Å². The van der Waals surface area contributed by atoms with Gasteiger partial charge in [0, 0.05) is 24.0 Å². The molecule has 162 valence electrons. The van der Waals surface area contributed by atoms with E-state index in [0.29, 0.717) is 34.0 Å². The Morgan fingerprint density at radius 3 is 2.39 bits per heavy atom. The molecular formula is C20H20N4O6S. The van der Waals surface area contributed by atoms with Crippen molar-refractivity contribution in [2.45, 2.75) is 6.54 Å². The number of methoxy groups -OCH3 is 1. The van der Waals surface area contributed by atoms with Crippen molar-refractivity contribution in [1.29, 1.82) is 0 Å². The van der Waals surface area contributed by atoms with Gasteiger partial charge in [0.05, 0.1) is 25.1 Å². The molecule has 10 nitrogen and oxygen atoms in total. The first-order valence-electron chi connectivity index (χ1n) is 8.98. The number of nitrogens with one attached hydrogen (secondary N) is 3. The molecule has 0 spiro atoms. The third-order valence-corrected chi connectivity index (χ3v) is 4.76. The molecule has 3 aromatic rings. The van der Waals surface area contributed by atoms with Crippen molar-refractivity contribution < 1.29 is 27.2 Å². The number of carbonyl (C=O) groups is 2. The van der Waals surface area contributed by atoms with Gasteiger partial charge >= 0.3 is 11.8 Å². The highest BCUT2D eigenvalue weighted by molar-refractivity contribution is 7.88. The minimum absolute atomic E-state index is 0.0616. The molecule has 1 aromatic heterocycles. The Kier molecular flexibility index (Phi) is 6.68. The van der Waals surface area contributed by atoms with E-state index in [4.69, 9.17) is 9.15 Å². The van der Waals surface area contributed by atoms with Gasteiger partial charge in [0.1, 0.15) is 5.75 Å². The average molecular weight is 444 g/mol. The first-order valence-corrected chi connectivity index (χ1v) is 10.9. The Labute approximate surface area is 178 Å². The van der Waals surface area contributed by atoms with Crippen molar-refractivity contribution in [2.75, 3.05) is 24.0 Å². The molecule has 0 aliphatic rings. The number of rotatable bonds is 7. The first kappa shape index (κ1) is 22.0. The fraction of sp³-hybridized carbons (Fsp3) is 0.150. The maximum Gasteiger partial charge on any atom is 0.314 e. The second-order valence-corrected chi connectivity index (χ2v) is 8.32. The molecule has 1 heterocycles. The molecule has 11 heteroatoms. The Hall–Kier alpha value is -3.70. The average Bonchev–Trinajstić information content (AvgIpc) is 3.26. The van der Waals surface area contributed by atoms with Crippen LogP contribution >= 0.6 is 0 Å². The van der Waals surface area contributed by atoms with E-state index in [0.717, 1.165) is 6.26 Å². The topological polar surface area (TPSA) is 140 Å². The van der Waals surface area contributed by atoms with Gasteiger partial charge in [-0.05, 0) is 29.8 Å². The monoisotopic (exact) mass is 444 g/mol. The fourth-order valence-electron chi connectivity index (χ4n) is 2.67. The van der Waals surface area contributed by atoms with E-state index >= 15 is 0 Å². The van der Waals surface area contributed by atoms with Crippen LogP contribution in [0.3, 0.4) is 0 Å². The lowest BCUT2D eigenvalue weighted by Crippen LogP contribution is -2.29. The van der Waals surface area contributed by atoms with Gasteiger partial charge in [0.15, 0.2) is 12.2 Å². The second-order valence-electron chi connectivity index (χ2n) is 6.48. The third kappa shape index (κ3) is 6.14. The molecular weight excluding hydrogens is 424 g/mol. The van der Waals surface area contributed by atoms with Crippen LogP contribution in [-0.2, 0) is 26.2 Å². The van der Waals surface area contributed by atoms with Gasteiger partial charge in [-0.15, -0.1) is 0 Å². The SMILES string of the molecule is COc1cc(NC(=O)C(=O)Nc2cccc(CNS(C)(=O)=O)c2)ccc1-c1cnco1. The number of hydrogen-bond acceptors (Lipinski definition) is 7. The summed E-state index contributed by atoms with van der Waals surface area (Å²) < 4.78 is 35.4. The van der Waals surface area contributed by atoms with Gasteiger partial charge in [-0.1, -0.05) is 12.1 Å². The number of oxazole rings is 1. The molecule has 0 bridgehead atoms. The number of sulfonamides is 1. The Morgan fingerprint density at radius 2 is 1.77 bits per heavy atom. The zero-order valence-corrected chi connectivity index (χ0v) is 17.5. The number of hydrogen-bond donors (Lipinski definition) is 3. The van der Waals surface area contributed by atoms with Crippen LogP contribution in [0.4, 0.5) is 11.4 Å². The molecule has 2 amide bonds. The third-order valence-electron chi connectivity index (χ3n) is 4.09. The van der Waals surface area contributed by atoms with Gasteiger partial charge in [-0.25, -0.2) is 18.1 Å². The maximum atomic E-state index is 12.3. The van der Waals surface area contributed by atoms with Crippen LogP contribution in [-0.4, -0.2) is 38.6 Å². The summed E-state index contributed by atoms with van der Waals surface area (Å²) in [6, 6.07) is 11.3. The minimum atomic E-state index is -3.35. The van der Waals surface area contributed by atoms with Crippen molar-refractivity contribution >= 4 is 33.2 Å². The zero-order chi connectivity index (χ0) is 22.4. The lowest BCUT2D eigenvalue weighted by atomic mass is 10.1. The highest BCUT2D eigenvalue weighted by atomic mass is 32.2. The number of amides is 2. The maximum absolute atomic E-state index is 12.3. The number of aromatic nitrogens is 1. The summed E-state index contributed by atoms with van der Waals surface area (Å²) in [5, 5.41) is 4.98. The number of nitrogens with zero attached hydrogens (tertiary/aromatic N) is 1. The van der Waals surface area contributed by atoms with Crippen LogP contribution in [0.5, 0.6) is 5.75 Å². The Balaban J connectivity index is 1.65.